The standard InChI is InChI=1S/C10H24N2O5S/c1-3-4-5-11-8-10(17-18(2,14)15)9-12-6-7-16-13/h10-13H,3-9H2,1-2H3. The molecule has 0 bridgehead atoms. The van der Waals surface area contributed by atoms with Crippen molar-refractivity contribution in [3.8, 4) is 0 Å². The molecule has 18 heavy (non-hydrogen) atoms. The predicted octanol–water partition coefficient (Wildman–Crippen LogP) is -0.200. The lowest BCUT2D eigenvalue weighted by molar-refractivity contribution is -0.240. The molecular weight excluding hydrogens is 260 g/mol. The van der Waals surface area contributed by atoms with Crippen LogP contribution in [0.5, 0.6) is 0 Å². The van der Waals surface area contributed by atoms with Gasteiger partial charge >= 0.3 is 0 Å². The Balaban J connectivity index is 3.92. The van der Waals surface area contributed by atoms with Crippen LogP contribution in [0.1, 0.15) is 19.8 Å². The Bertz CT molecular complexity index is 272. The van der Waals surface area contributed by atoms with Crippen molar-refractivity contribution in [1.82, 2.24) is 10.6 Å². The molecule has 0 rings (SSSR count). The van der Waals surface area contributed by atoms with Crippen LogP contribution in [0.3, 0.4) is 0 Å². The maximum atomic E-state index is 11.1. The largest absolute Gasteiger partial charge is 0.314 e. The van der Waals surface area contributed by atoms with Gasteiger partial charge in [-0.25, -0.2) is 4.89 Å². The molecule has 0 saturated heterocycles. The molecule has 0 aromatic carbocycles. The van der Waals surface area contributed by atoms with E-state index in [4.69, 9.17) is 9.44 Å². The van der Waals surface area contributed by atoms with Crippen molar-refractivity contribution in [2.24, 2.45) is 0 Å². The van der Waals surface area contributed by atoms with E-state index in [1.807, 2.05) is 0 Å². The van der Waals surface area contributed by atoms with Gasteiger partial charge in [-0.1, -0.05) is 13.3 Å². The van der Waals surface area contributed by atoms with Crippen molar-refractivity contribution < 1.29 is 22.7 Å². The van der Waals surface area contributed by atoms with Gasteiger partial charge in [0.15, 0.2) is 0 Å². The van der Waals surface area contributed by atoms with Crippen LogP contribution in [0.15, 0.2) is 0 Å². The first-order valence-electron chi connectivity index (χ1n) is 6.05. The zero-order chi connectivity index (χ0) is 13.9. The summed E-state index contributed by atoms with van der Waals surface area (Å²) in [4.78, 5) is 3.90. The highest BCUT2D eigenvalue weighted by molar-refractivity contribution is 7.86. The fraction of sp³-hybridized carbons (Fsp3) is 1.00. The lowest BCUT2D eigenvalue weighted by Crippen LogP contribution is -2.39. The monoisotopic (exact) mass is 284 g/mol. The molecule has 0 fully saturated rings. The first-order valence-corrected chi connectivity index (χ1v) is 7.87. The molecule has 8 heteroatoms. The van der Waals surface area contributed by atoms with Gasteiger partial charge in [-0.2, -0.15) is 8.42 Å². The van der Waals surface area contributed by atoms with E-state index in [1.54, 1.807) is 0 Å². The highest BCUT2D eigenvalue weighted by Gasteiger charge is 2.14. The highest BCUT2D eigenvalue weighted by Crippen LogP contribution is 1.96. The molecule has 0 aliphatic heterocycles. The third kappa shape index (κ3) is 12.2. The second-order valence-electron chi connectivity index (χ2n) is 4.02. The molecule has 1 unspecified atom stereocenters. The van der Waals surface area contributed by atoms with Gasteiger partial charge in [0, 0.05) is 19.6 Å². The normalized spacial score (nSPS) is 13.7. The van der Waals surface area contributed by atoms with Crippen LogP contribution >= 0.6 is 0 Å². The van der Waals surface area contributed by atoms with E-state index in [9.17, 15) is 8.42 Å². The third-order valence-corrected chi connectivity index (χ3v) is 2.75. The Kier molecular flexibility index (Phi) is 10.5. The minimum atomic E-state index is -3.47. The predicted molar refractivity (Wildman–Crippen MR) is 68.9 cm³/mol. The van der Waals surface area contributed by atoms with E-state index in [0.717, 1.165) is 25.6 Å². The Hall–Kier alpha value is -0.250. The number of hydrogen-bond donors (Lipinski definition) is 3. The summed E-state index contributed by atoms with van der Waals surface area (Å²) in [7, 11) is -3.47. The summed E-state index contributed by atoms with van der Waals surface area (Å²) in [5.41, 5.74) is 0. The molecule has 0 amide bonds. The van der Waals surface area contributed by atoms with Crippen LogP contribution in [0.25, 0.3) is 0 Å². The smallest absolute Gasteiger partial charge is 0.264 e. The van der Waals surface area contributed by atoms with E-state index < -0.39 is 16.2 Å². The van der Waals surface area contributed by atoms with Gasteiger partial charge in [0.2, 0.25) is 0 Å². The Morgan fingerprint density at radius 2 is 1.83 bits per heavy atom. The fourth-order valence-electron chi connectivity index (χ4n) is 1.33. The maximum absolute atomic E-state index is 11.1. The van der Waals surface area contributed by atoms with Crippen molar-refractivity contribution in [2.75, 3.05) is 39.0 Å². The van der Waals surface area contributed by atoms with Crippen LogP contribution in [0.4, 0.5) is 0 Å². The molecule has 110 valence electrons. The van der Waals surface area contributed by atoms with Gasteiger partial charge in [0.25, 0.3) is 10.1 Å². The Labute approximate surface area is 109 Å². The van der Waals surface area contributed by atoms with Crippen LogP contribution in [0.2, 0.25) is 0 Å². The van der Waals surface area contributed by atoms with E-state index in [-0.39, 0.29) is 6.61 Å². The molecule has 1 atom stereocenters. The van der Waals surface area contributed by atoms with Crippen molar-refractivity contribution in [1.29, 1.82) is 0 Å². The van der Waals surface area contributed by atoms with E-state index in [1.165, 1.54) is 0 Å². The molecule has 7 nitrogen and oxygen atoms in total. The quantitative estimate of drug-likeness (QED) is 0.198. The van der Waals surface area contributed by atoms with Crippen LogP contribution < -0.4 is 10.6 Å². The van der Waals surface area contributed by atoms with Crippen molar-refractivity contribution >= 4 is 10.1 Å². The zero-order valence-electron chi connectivity index (χ0n) is 11.0. The summed E-state index contributed by atoms with van der Waals surface area (Å²) in [6.45, 7) is 4.32. The summed E-state index contributed by atoms with van der Waals surface area (Å²) in [6.07, 6.45) is 2.69. The van der Waals surface area contributed by atoms with E-state index in [0.29, 0.717) is 19.6 Å². The van der Waals surface area contributed by atoms with Gasteiger partial charge < -0.3 is 10.6 Å². The Morgan fingerprint density at radius 1 is 1.22 bits per heavy atom. The Morgan fingerprint density at radius 3 is 2.33 bits per heavy atom. The van der Waals surface area contributed by atoms with Crippen molar-refractivity contribution in [2.45, 2.75) is 25.9 Å². The average molecular weight is 284 g/mol. The molecule has 0 aliphatic rings. The van der Waals surface area contributed by atoms with Crippen LogP contribution in [-0.4, -0.2) is 58.8 Å². The zero-order valence-corrected chi connectivity index (χ0v) is 11.8. The highest BCUT2D eigenvalue weighted by atomic mass is 32.2. The van der Waals surface area contributed by atoms with Gasteiger partial charge in [-0.15, -0.1) is 0 Å². The maximum Gasteiger partial charge on any atom is 0.264 e. The summed E-state index contributed by atoms with van der Waals surface area (Å²) in [5.74, 6) is 0. The minimum absolute atomic E-state index is 0.148. The third-order valence-electron chi connectivity index (χ3n) is 2.13. The molecule has 3 N–H and O–H groups in total. The first kappa shape index (κ1) is 17.8. The molecular formula is C10H24N2O5S. The van der Waals surface area contributed by atoms with E-state index in [2.05, 4.69) is 22.4 Å². The first-order chi connectivity index (χ1) is 8.49. The molecule has 0 radical (unpaired) electrons. The fourth-order valence-corrected chi connectivity index (χ4v) is 1.96. The van der Waals surface area contributed by atoms with Gasteiger partial charge in [0.05, 0.1) is 12.9 Å². The summed E-state index contributed by atoms with van der Waals surface area (Å²) < 4.78 is 27.1. The number of rotatable bonds is 12. The minimum Gasteiger partial charge on any atom is -0.314 e. The number of nitrogens with one attached hydrogen (secondary N) is 2. The molecule has 0 heterocycles. The topological polar surface area (TPSA) is 96.9 Å². The van der Waals surface area contributed by atoms with Crippen molar-refractivity contribution in [3.63, 3.8) is 0 Å². The average Bonchev–Trinajstić information content (AvgIpc) is 2.28. The summed E-state index contributed by atoms with van der Waals surface area (Å²) in [6, 6.07) is 0. The lowest BCUT2D eigenvalue weighted by atomic mass is 10.3. The van der Waals surface area contributed by atoms with Crippen molar-refractivity contribution in [3.05, 3.63) is 0 Å². The van der Waals surface area contributed by atoms with Crippen LogP contribution in [0, 0.1) is 0 Å². The molecule has 0 aromatic heterocycles. The van der Waals surface area contributed by atoms with Gasteiger partial charge in [-0.05, 0) is 13.0 Å². The molecule has 0 spiro atoms. The summed E-state index contributed by atoms with van der Waals surface area (Å²) >= 11 is 0. The molecule has 0 saturated carbocycles. The second kappa shape index (κ2) is 10.7. The van der Waals surface area contributed by atoms with E-state index >= 15 is 0 Å². The molecule has 0 aliphatic carbocycles. The molecule has 0 aromatic rings. The number of hydrogen-bond acceptors (Lipinski definition) is 7. The SMILES string of the molecule is CCCCNCC(CNCCOO)OS(C)(=O)=O. The van der Waals surface area contributed by atoms with Gasteiger partial charge in [-0.3, -0.25) is 9.44 Å². The lowest BCUT2D eigenvalue weighted by Gasteiger charge is -2.17. The van der Waals surface area contributed by atoms with Crippen LogP contribution in [-0.2, 0) is 19.2 Å². The summed E-state index contributed by atoms with van der Waals surface area (Å²) in [5, 5.41) is 14.2. The van der Waals surface area contributed by atoms with Gasteiger partial charge in [0.1, 0.15) is 6.10 Å². The number of unbranched alkanes of at least 4 members (excludes halogenated alkanes) is 1. The second-order valence-corrected chi connectivity index (χ2v) is 5.62.